The first kappa shape index (κ1) is 17.2. The van der Waals surface area contributed by atoms with Crippen LogP contribution in [0.3, 0.4) is 0 Å². The zero-order valence-corrected chi connectivity index (χ0v) is 15.5. The van der Waals surface area contributed by atoms with E-state index in [4.69, 9.17) is 0 Å². The predicted octanol–water partition coefficient (Wildman–Crippen LogP) is 5.66. The van der Waals surface area contributed by atoms with Crippen molar-refractivity contribution in [3.63, 3.8) is 0 Å². The Labute approximate surface area is 145 Å². The van der Waals surface area contributed by atoms with Gasteiger partial charge in [0, 0.05) is 12.8 Å². The van der Waals surface area contributed by atoms with E-state index in [2.05, 4.69) is 20.8 Å². The molecule has 24 heavy (non-hydrogen) atoms. The predicted molar refractivity (Wildman–Crippen MR) is 91.8 cm³/mol. The second-order valence-electron chi connectivity index (χ2n) is 10.2. The topological polar surface area (TPSA) is 20.2 Å². The van der Waals surface area contributed by atoms with E-state index in [0.717, 1.165) is 38.5 Å². The van der Waals surface area contributed by atoms with Gasteiger partial charge in [0.1, 0.15) is 0 Å². The van der Waals surface area contributed by atoms with Gasteiger partial charge in [0.2, 0.25) is 5.92 Å². The highest BCUT2D eigenvalue weighted by Crippen LogP contribution is 2.66. The third-order valence-corrected chi connectivity index (χ3v) is 8.97. The summed E-state index contributed by atoms with van der Waals surface area (Å²) in [5.74, 6) is 0.271. The Balaban J connectivity index is 1.60. The molecule has 4 aliphatic rings. The van der Waals surface area contributed by atoms with E-state index in [1.54, 1.807) is 0 Å². The Kier molecular flexibility index (Phi) is 3.89. The minimum absolute atomic E-state index is 0.0762. The molecule has 0 radical (unpaired) electrons. The van der Waals surface area contributed by atoms with Crippen molar-refractivity contribution in [2.24, 2.45) is 40.9 Å². The molecular weight excluding hydrogens is 306 g/mol. The third kappa shape index (κ3) is 2.32. The Morgan fingerprint density at radius 3 is 2.38 bits per heavy atom. The van der Waals surface area contributed by atoms with Crippen LogP contribution in [0.5, 0.6) is 0 Å². The SMILES string of the molecule is CC(C)C1CCC2[C@@H]3CCC4CC(F)(F)CC[C@]4(C)C3CC[C@]12O. The number of rotatable bonds is 1. The molecule has 0 heterocycles. The molecule has 7 atom stereocenters. The fraction of sp³-hybridized carbons (Fsp3) is 1.00. The third-order valence-electron chi connectivity index (χ3n) is 8.97. The molecule has 0 aromatic rings. The lowest BCUT2D eigenvalue weighted by molar-refractivity contribution is -0.185. The average molecular weight is 340 g/mol. The number of hydrogen-bond acceptors (Lipinski definition) is 1. The van der Waals surface area contributed by atoms with Crippen molar-refractivity contribution >= 4 is 0 Å². The van der Waals surface area contributed by atoms with E-state index in [1.807, 2.05) is 0 Å². The van der Waals surface area contributed by atoms with E-state index in [0.29, 0.717) is 36.0 Å². The lowest BCUT2D eigenvalue weighted by Crippen LogP contribution is -2.57. The summed E-state index contributed by atoms with van der Waals surface area (Å²) in [6.07, 6.45) is 7.15. The molecular formula is C21H34F2O. The second-order valence-corrected chi connectivity index (χ2v) is 10.2. The lowest BCUT2D eigenvalue weighted by Gasteiger charge is -2.60. The monoisotopic (exact) mass is 340 g/mol. The van der Waals surface area contributed by atoms with E-state index in [9.17, 15) is 13.9 Å². The molecule has 4 saturated carbocycles. The number of fused-ring (bicyclic) bond motifs is 5. The van der Waals surface area contributed by atoms with Gasteiger partial charge < -0.3 is 5.11 Å². The first-order valence-electron chi connectivity index (χ1n) is 10.3. The van der Waals surface area contributed by atoms with Crippen molar-refractivity contribution in [1.29, 1.82) is 0 Å². The van der Waals surface area contributed by atoms with Crippen molar-refractivity contribution in [2.45, 2.75) is 90.1 Å². The van der Waals surface area contributed by atoms with Crippen molar-refractivity contribution in [3.8, 4) is 0 Å². The Morgan fingerprint density at radius 1 is 0.917 bits per heavy atom. The van der Waals surface area contributed by atoms with Gasteiger partial charge in [-0.3, -0.25) is 0 Å². The fourth-order valence-corrected chi connectivity index (χ4v) is 7.77. The van der Waals surface area contributed by atoms with Gasteiger partial charge >= 0.3 is 0 Å². The quantitative estimate of drug-likeness (QED) is 0.653. The first-order chi connectivity index (χ1) is 11.2. The van der Waals surface area contributed by atoms with Crippen LogP contribution >= 0.6 is 0 Å². The van der Waals surface area contributed by atoms with Gasteiger partial charge in [0.25, 0.3) is 0 Å². The average Bonchev–Trinajstić information content (AvgIpc) is 2.85. The van der Waals surface area contributed by atoms with E-state index < -0.39 is 11.5 Å². The number of aliphatic hydroxyl groups is 1. The highest BCUT2D eigenvalue weighted by Gasteiger charge is 2.62. The van der Waals surface area contributed by atoms with Crippen LogP contribution in [0.1, 0.15) is 78.6 Å². The van der Waals surface area contributed by atoms with Crippen LogP contribution in [-0.4, -0.2) is 16.6 Å². The summed E-state index contributed by atoms with van der Waals surface area (Å²) in [6, 6.07) is 0. The highest BCUT2D eigenvalue weighted by atomic mass is 19.3. The van der Waals surface area contributed by atoms with E-state index in [1.165, 1.54) is 0 Å². The molecule has 4 fully saturated rings. The van der Waals surface area contributed by atoms with Crippen LogP contribution in [0.15, 0.2) is 0 Å². The van der Waals surface area contributed by atoms with Gasteiger partial charge in [-0.1, -0.05) is 20.8 Å². The standard InChI is InChI=1S/C21H34F2O/c1-13(2)16-6-7-18-15-5-4-14-12-20(22,23)11-10-19(14,3)17(15)8-9-21(16,18)24/h13-18,24H,4-12H2,1-3H3/t14?,15-,16?,17?,18?,19+,21+/m1/s1. The minimum atomic E-state index is -2.44. The van der Waals surface area contributed by atoms with Gasteiger partial charge in [0.05, 0.1) is 5.60 Å². The van der Waals surface area contributed by atoms with Crippen molar-refractivity contribution in [3.05, 3.63) is 0 Å². The zero-order chi connectivity index (χ0) is 17.3. The zero-order valence-electron chi connectivity index (χ0n) is 15.5. The van der Waals surface area contributed by atoms with Crippen LogP contribution in [0.25, 0.3) is 0 Å². The molecule has 138 valence electrons. The summed E-state index contributed by atoms with van der Waals surface area (Å²) < 4.78 is 27.9. The normalized spacial score (nSPS) is 53.4. The summed E-state index contributed by atoms with van der Waals surface area (Å²) in [4.78, 5) is 0. The molecule has 0 amide bonds. The second kappa shape index (κ2) is 5.41. The van der Waals surface area contributed by atoms with Crippen LogP contribution in [0.2, 0.25) is 0 Å². The maximum Gasteiger partial charge on any atom is 0.248 e. The molecule has 0 bridgehead atoms. The molecule has 1 nitrogen and oxygen atoms in total. The van der Waals surface area contributed by atoms with Crippen LogP contribution in [-0.2, 0) is 0 Å². The molecule has 1 N–H and O–H groups in total. The molecule has 0 aromatic carbocycles. The summed E-state index contributed by atoms with van der Waals surface area (Å²) in [5, 5.41) is 11.5. The van der Waals surface area contributed by atoms with Crippen molar-refractivity contribution in [2.75, 3.05) is 0 Å². The van der Waals surface area contributed by atoms with Crippen LogP contribution in [0.4, 0.5) is 8.78 Å². The molecule has 0 spiro atoms. The number of halogens is 2. The van der Waals surface area contributed by atoms with Gasteiger partial charge in [0.15, 0.2) is 0 Å². The number of alkyl halides is 2. The largest absolute Gasteiger partial charge is 0.389 e. The van der Waals surface area contributed by atoms with Gasteiger partial charge in [-0.25, -0.2) is 8.78 Å². The van der Waals surface area contributed by atoms with Gasteiger partial charge in [-0.2, -0.15) is 0 Å². The Morgan fingerprint density at radius 2 is 1.67 bits per heavy atom. The first-order valence-corrected chi connectivity index (χ1v) is 10.3. The maximum absolute atomic E-state index is 13.9. The summed E-state index contributed by atoms with van der Waals surface area (Å²) in [6.45, 7) is 6.81. The number of hydrogen-bond donors (Lipinski definition) is 1. The van der Waals surface area contributed by atoms with E-state index >= 15 is 0 Å². The van der Waals surface area contributed by atoms with Crippen LogP contribution in [0, 0.1) is 40.9 Å². The summed E-state index contributed by atoms with van der Waals surface area (Å²) in [7, 11) is 0. The smallest absolute Gasteiger partial charge is 0.248 e. The highest BCUT2D eigenvalue weighted by molar-refractivity contribution is 5.11. The Bertz CT molecular complexity index is 504. The molecule has 0 saturated heterocycles. The molecule has 4 rings (SSSR count). The molecule has 4 unspecified atom stereocenters. The fourth-order valence-electron chi connectivity index (χ4n) is 7.77. The molecule has 3 heteroatoms. The Hall–Kier alpha value is -0.180. The molecule has 0 aromatic heterocycles. The summed E-state index contributed by atoms with van der Waals surface area (Å²) in [5.41, 5.74) is -0.390. The van der Waals surface area contributed by atoms with Crippen molar-refractivity contribution in [1.82, 2.24) is 0 Å². The maximum atomic E-state index is 13.9. The lowest BCUT2D eigenvalue weighted by atomic mass is 9.46. The molecule has 4 aliphatic carbocycles. The summed E-state index contributed by atoms with van der Waals surface area (Å²) >= 11 is 0. The molecule has 0 aliphatic heterocycles. The van der Waals surface area contributed by atoms with Crippen LogP contribution < -0.4 is 0 Å². The van der Waals surface area contributed by atoms with Crippen molar-refractivity contribution < 1.29 is 13.9 Å². The van der Waals surface area contributed by atoms with E-state index in [-0.39, 0.29) is 24.2 Å². The minimum Gasteiger partial charge on any atom is -0.389 e. The van der Waals surface area contributed by atoms with Gasteiger partial charge in [-0.15, -0.1) is 0 Å². The van der Waals surface area contributed by atoms with Gasteiger partial charge in [-0.05, 0) is 85.9 Å².